The number of halogens is 1. The number of carbonyl (C=O) groups is 3. The van der Waals surface area contributed by atoms with E-state index in [4.69, 9.17) is 5.11 Å². The lowest BCUT2D eigenvalue weighted by molar-refractivity contribution is -0.131. The molecule has 23 heavy (non-hydrogen) atoms. The molecule has 5 nitrogen and oxygen atoms in total. The second-order valence-corrected chi connectivity index (χ2v) is 5.77. The Morgan fingerprint density at radius 1 is 1.00 bits per heavy atom. The van der Waals surface area contributed by atoms with E-state index in [1.165, 1.54) is 0 Å². The van der Waals surface area contributed by atoms with Crippen molar-refractivity contribution in [3.63, 3.8) is 0 Å². The molecule has 114 valence electrons. The zero-order valence-corrected chi connectivity index (χ0v) is 13.3. The van der Waals surface area contributed by atoms with Gasteiger partial charge in [0.2, 0.25) is 5.91 Å². The topological polar surface area (TPSA) is 83.5 Å². The first-order valence-corrected chi connectivity index (χ1v) is 7.46. The van der Waals surface area contributed by atoms with E-state index in [9.17, 15) is 14.4 Å². The van der Waals surface area contributed by atoms with E-state index in [2.05, 4.69) is 21.2 Å². The number of carboxylic acid groups (broad SMARTS) is 1. The molecule has 0 bridgehead atoms. The van der Waals surface area contributed by atoms with Crippen molar-refractivity contribution in [3.05, 3.63) is 64.1 Å². The minimum absolute atomic E-state index is 0.0975. The Hall–Kier alpha value is -2.73. The predicted molar refractivity (Wildman–Crippen MR) is 88.4 cm³/mol. The van der Waals surface area contributed by atoms with Crippen molar-refractivity contribution in [3.8, 4) is 11.1 Å². The lowest BCUT2D eigenvalue weighted by Gasteiger charge is -2.08. The van der Waals surface area contributed by atoms with Crippen LogP contribution in [0.4, 0.5) is 5.69 Å². The minimum atomic E-state index is -1.21. The largest absolute Gasteiger partial charge is 0.478 e. The molecule has 0 unspecified atom stereocenters. The van der Waals surface area contributed by atoms with Gasteiger partial charge < -0.3 is 10.4 Å². The fraction of sp³-hybridized carbons (Fsp3) is 0. The summed E-state index contributed by atoms with van der Waals surface area (Å²) >= 11 is 3.36. The van der Waals surface area contributed by atoms with Crippen molar-refractivity contribution >= 4 is 39.3 Å². The van der Waals surface area contributed by atoms with Gasteiger partial charge >= 0.3 is 5.97 Å². The number of aliphatic carboxylic acids is 1. The van der Waals surface area contributed by atoms with Crippen molar-refractivity contribution in [2.24, 2.45) is 0 Å². The molecule has 2 aromatic carbocycles. The summed E-state index contributed by atoms with van der Waals surface area (Å²) < 4.78 is 0.609. The molecule has 3 rings (SSSR count). The molecular formula is C17H10BrNO4. The van der Waals surface area contributed by atoms with Gasteiger partial charge in [-0.3, -0.25) is 9.59 Å². The highest BCUT2D eigenvalue weighted by Crippen LogP contribution is 2.40. The summed E-state index contributed by atoms with van der Waals surface area (Å²) in [6.07, 6.45) is 1.66. The zero-order chi connectivity index (χ0) is 16.6. The SMILES string of the molecule is O=C(O)/C=C/C(=O)Nc1cc2c(cc1Br)-c1ccccc1C2=O. The van der Waals surface area contributed by atoms with Crippen molar-refractivity contribution in [2.45, 2.75) is 0 Å². The van der Waals surface area contributed by atoms with Crippen LogP contribution in [0, 0.1) is 0 Å². The fourth-order valence-electron chi connectivity index (χ4n) is 2.46. The van der Waals surface area contributed by atoms with Gasteiger partial charge in [0.1, 0.15) is 0 Å². The third kappa shape index (κ3) is 2.80. The number of benzene rings is 2. The van der Waals surface area contributed by atoms with Gasteiger partial charge in [-0.2, -0.15) is 0 Å². The van der Waals surface area contributed by atoms with E-state index < -0.39 is 11.9 Å². The second kappa shape index (κ2) is 5.81. The number of ketones is 1. The van der Waals surface area contributed by atoms with Crippen LogP contribution in [0.3, 0.4) is 0 Å². The quantitative estimate of drug-likeness (QED) is 0.692. The van der Waals surface area contributed by atoms with Crippen LogP contribution < -0.4 is 5.32 Å². The summed E-state index contributed by atoms with van der Waals surface area (Å²) in [5.74, 6) is -1.89. The van der Waals surface area contributed by atoms with Gasteiger partial charge in [-0.1, -0.05) is 24.3 Å². The third-order valence-corrected chi connectivity index (χ3v) is 4.10. The Morgan fingerprint density at radius 3 is 2.39 bits per heavy atom. The highest BCUT2D eigenvalue weighted by Gasteiger charge is 2.27. The Bertz CT molecular complexity index is 886. The summed E-state index contributed by atoms with van der Waals surface area (Å²) in [7, 11) is 0. The first-order valence-electron chi connectivity index (χ1n) is 6.67. The molecule has 1 aliphatic carbocycles. The maximum Gasteiger partial charge on any atom is 0.328 e. The molecule has 6 heteroatoms. The van der Waals surface area contributed by atoms with E-state index in [0.29, 0.717) is 21.3 Å². The van der Waals surface area contributed by atoms with Gasteiger partial charge in [0.05, 0.1) is 5.69 Å². The molecule has 0 spiro atoms. The van der Waals surface area contributed by atoms with Gasteiger partial charge in [-0.25, -0.2) is 4.79 Å². The molecule has 0 aromatic heterocycles. The van der Waals surface area contributed by atoms with Crippen LogP contribution in [0.25, 0.3) is 11.1 Å². The van der Waals surface area contributed by atoms with E-state index in [1.807, 2.05) is 12.1 Å². The van der Waals surface area contributed by atoms with Crippen LogP contribution in [-0.4, -0.2) is 22.8 Å². The predicted octanol–water partition coefficient (Wildman–Crippen LogP) is 3.24. The van der Waals surface area contributed by atoms with Gasteiger partial charge in [-0.15, -0.1) is 0 Å². The molecule has 0 saturated heterocycles. The summed E-state index contributed by atoms with van der Waals surface area (Å²) in [5.41, 5.74) is 3.20. The van der Waals surface area contributed by atoms with Gasteiger partial charge in [-0.05, 0) is 39.2 Å². The Morgan fingerprint density at radius 2 is 1.70 bits per heavy atom. The normalized spacial score (nSPS) is 12.1. The molecule has 2 N–H and O–H groups in total. The monoisotopic (exact) mass is 371 g/mol. The smallest absolute Gasteiger partial charge is 0.328 e. The summed E-state index contributed by atoms with van der Waals surface area (Å²) in [5, 5.41) is 11.1. The molecule has 2 aromatic rings. The van der Waals surface area contributed by atoms with Gasteiger partial charge in [0.15, 0.2) is 5.78 Å². The summed E-state index contributed by atoms with van der Waals surface area (Å²) in [6, 6.07) is 10.7. The van der Waals surface area contributed by atoms with Crippen molar-refractivity contribution < 1.29 is 19.5 Å². The summed E-state index contributed by atoms with van der Waals surface area (Å²) in [6.45, 7) is 0. The van der Waals surface area contributed by atoms with Crippen molar-refractivity contribution in [2.75, 3.05) is 5.32 Å². The number of rotatable bonds is 3. The van der Waals surface area contributed by atoms with E-state index in [0.717, 1.165) is 23.3 Å². The highest BCUT2D eigenvalue weighted by atomic mass is 79.9. The first-order chi connectivity index (χ1) is 11.0. The lowest BCUT2D eigenvalue weighted by atomic mass is 10.1. The average Bonchev–Trinajstić information content (AvgIpc) is 2.79. The molecule has 0 aliphatic heterocycles. The number of fused-ring (bicyclic) bond motifs is 3. The number of hydrogen-bond acceptors (Lipinski definition) is 3. The van der Waals surface area contributed by atoms with Crippen LogP contribution in [-0.2, 0) is 9.59 Å². The summed E-state index contributed by atoms with van der Waals surface area (Å²) in [4.78, 5) is 34.6. The van der Waals surface area contributed by atoms with E-state index >= 15 is 0 Å². The molecule has 0 fully saturated rings. The van der Waals surface area contributed by atoms with Crippen LogP contribution in [0.1, 0.15) is 15.9 Å². The molecule has 0 heterocycles. The first kappa shape index (κ1) is 15.2. The maximum atomic E-state index is 12.4. The fourth-order valence-corrected chi connectivity index (χ4v) is 2.90. The van der Waals surface area contributed by atoms with Crippen LogP contribution >= 0.6 is 15.9 Å². The van der Waals surface area contributed by atoms with E-state index in [-0.39, 0.29) is 5.78 Å². The number of anilines is 1. The molecular weight excluding hydrogens is 362 g/mol. The molecule has 1 amide bonds. The average molecular weight is 372 g/mol. The van der Waals surface area contributed by atoms with Gasteiger partial charge in [0, 0.05) is 27.8 Å². The second-order valence-electron chi connectivity index (χ2n) is 4.91. The lowest BCUT2D eigenvalue weighted by Crippen LogP contribution is -2.10. The number of hydrogen-bond donors (Lipinski definition) is 2. The van der Waals surface area contributed by atoms with Crippen molar-refractivity contribution in [1.29, 1.82) is 0 Å². The Balaban J connectivity index is 1.97. The Kier molecular flexibility index (Phi) is 3.83. The number of amides is 1. The third-order valence-electron chi connectivity index (χ3n) is 3.45. The zero-order valence-electron chi connectivity index (χ0n) is 11.7. The maximum absolute atomic E-state index is 12.4. The minimum Gasteiger partial charge on any atom is -0.478 e. The highest BCUT2D eigenvalue weighted by molar-refractivity contribution is 9.10. The number of carboxylic acids is 1. The number of nitrogens with one attached hydrogen (secondary N) is 1. The molecule has 1 aliphatic rings. The molecule has 0 radical (unpaired) electrons. The van der Waals surface area contributed by atoms with E-state index in [1.54, 1.807) is 24.3 Å². The Labute approximate surface area is 139 Å². The van der Waals surface area contributed by atoms with Crippen LogP contribution in [0.2, 0.25) is 0 Å². The van der Waals surface area contributed by atoms with Crippen LogP contribution in [0.5, 0.6) is 0 Å². The van der Waals surface area contributed by atoms with Crippen LogP contribution in [0.15, 0.2) is 53.0 Å². The molecule has 0 atom stereocenters. The van der Waals surface area contributed by atoms with Gasteiger partial charge in [0.25, 0.3) is 0 Å². The number of carbonyl (C=O) groups excluding carboxylic acids is 2. The molecule has 0 saturated carbocycles. The standard InChI is InChI=1S/C17H10BrNO4/c18-13-7-11-9-3-1-2-4-10(9)17(23)12(11)8-14(13)19-15(20)5-6-16(21)22/h1-8H,(H,19,20)(H,21,22)/b6-5+. The van der Waals surface area contributed by atoms with Crippen molar-refractivity contribution in [1.82, 2.24) is 0 Å².